The minimum Gasteiger partial charge on any atom is -0.356 e. The van der Waals surface area contributed by atoms with E-state index in [1.54, 1.807) is 19.2 Å². The smallest absolute Gasteiger partial charge is 0.223 e. The third kappa shape index (κ3) is 7.59. The van der Waals surface area contributed by atoms with Crippen molar-refractivity contribution < 1.29 is 9.18 Å². The van der Waals surface area contributed by atoms with Gasteiger partial charge in [-0.05, 0) is 36.1 Å². The number of nitrogens with one attached hydrogen (secondary N) is 2. The summed E-state index contributed by atoms with van der Waals surface area (Å²) in [6, 6.07) is 16.9. The molecule has 1 saturated heterocycles. The fraction of sp³-hybridized carbons (Fsp3) is 0.391. The van der Waals surface area contributed by atoms with E-state index < -0.39 is 0 Å². The average molecular weight is 524 g/mol. The quantitative estimate of drug-likeness (QED) is 0.317. The summed E-state index contributed by atoms with van der Waals surface area (Å²) >= 11 is 0. The van der Waals surface area contributed by atoms with Crippen LogP contribution in [0.1, 0.15) is 17.5 Å². The molecule has 0 aliphatic carbocycles. The molecule has 162 valence electrons. The largest absolute Gasteiger partial charge is 0.356 e. The van der Waals surface area contributed by atoms with E-state index >= 15 is 0 Å². The van der Waals surface area contributed by atoms with Gasteiger partial charge in [0.2, 0.25) is 5.91 Å². The molecule has 2 N–H and O–H groups in total. The van der Waals surface area contributed by atoms with Crippen molar-refractivity contribution in [2.75, 3.05) is 33.2 Å². The Hall–Kier alpha value is -2.16. The Kier molecular flexibility index (Phi) is 10.1. The summed E-state index contributed by atoms with van der Waals surface area (Å²) in [4.78, 5) is 18.5. The van der Waals surface area contributed by atoms with Crippen LogP contribution in [0.3, 0.4) is 0 Å². The molecule has 1 heterocycles. The summed E-state index contributed by atoms with van der Waals surface area (Å²) in [6.07, 6.45) is 2.17. The first kappa shape index (κ1) is 24.1. The van der Waals surface area contributed by atoms with Crippen molar-refractivity contribution in [2.24, 2.45) is 10.9 Å². The van der Waals surface area contributed by atoms with E-state index in [2.05, 4.69) is 27.8 Å². The lowest BCUT2D eigenvalue weighted by Crippen LogP contribution is -2.41. The molecule has 1 aliphatic rings. The van der Waals surface area contributed by atoms with Gasteiger partial charge in [0.05, 0.1) is 0 Å². The molecule has 30 heavy (non-hydrogen) atoms. The summed E-state index contributed by atoms with van der Waals surface area (Å²) in [5.41, 5.74) is 2.20. The van der Waals surface area contributed by atoms with E-state index in [0.717, 1.165) is 25.1 Å². The van der Waals surface area contributed by atoms with E-state index in [9.17, 15) is 9.18 Å². The first-order valence-corrected chi connectivity index (χ1v) is 10.1. The predicted octanol–water partition coefficient (Wildman–Crippen LogP) is 3.24. The SMILES string of the molecule is CN=C(NCCc1cccc(F)c1)NCC1CC(=O)N(CCc2ccccc2)C1.I. The Balaban J connectivity index is 0.00000320. The predicted molar refractivity (Wildman–Crippen MR) is 130 cm³/mol. The number of amides is 1. The maximum atomic E-state index is 13.2. The van der Waals surface area contributed by atoms with E-state index in [1.807, 2.05) is 29.2 Å². The van der Waals surface area contributed by atoms with Gasteiger partial charge in [-0.25, -0.2) is 4.39 Å². The third-order valence-corrected chi connectivity index (χ3v) is 5.18. The number of benzene rings is 2. The zero-order valence-corrected chi connectivity index (χ0v) is 19.6. The summed E-state index contributed by atoms with van der Waals surface area (Å²) in [5.74, 6) is 0.992. The molecule has 1 unspecified atom stereocenters. The van der Waals surface area contributed by atoms with Crippen LogP contribution in [0.4, 0.5) is 4.39 Å². The Morgan fingerprint density at radius 2 is 1.87 bits per heavy atom. The first-order chi connectivity index (χ1) is 14.1. The van der Waals surface area contributed by atoms with E-state index in [-0.39, 0.29) is 41.6 Å². The van der Waals surface area contributed by atoms with Crippen molar-refractivity contribution in [3.05, 3.63) is 71.5 Å². The standard InChI is InChI=1S/C23H29FN4O.HI/c1-25-23(26-12-10-19-8-5-9-21(24)14-19)27-16-20-15-22(29)28(17-20)13-11-18-6-3-2-4-7-18;/h2-9,14,20H,10-13,15-17H2,1H3,(H2,25,26,27);1H. The Labute approximate surface area is 195 Å². The number of halogens is 2. The molecular formula is C23H30FIN4O. The van der Waals surface area contributed by atoms with Gasteiger partial charge in [0.25, 0.3) is 0 Å². The number of hydrogen-bond acceptors (Lipinski definition) is 2. The van der Waals surface area contributed by atoms with Crippen LogP contribution >= 0.6 is 24.0 Å². The van der Waals surface area contributed by atoms with Gasteiger partial charge in [-0.15, -0.1) is 24.0 Å². The highest BCUT2D eigenvalue weighted by Crippen LogP contribution is 2.17. The summed E-state index contributed by atoms with van der Waals surface area (Å²) in [7, 11) is 1.73. The van der Waals surface area contributed by atoms with Crippen LogP contribution < -0.4 is 10.6 Å². The van der Waals surface area contributed by atoms with Gasteiger partial charge >= 0.3 is 0 Å². The first-order valence-electron chi connectivity index (χ1n) is 10.1. The molecule has 1 amide bonds. The van der Waals surface area contributed by atoms with Crippen molar-refractivity contribution in [2.45, 2.75) is 19.3 Å². The monoisotopic (exact) mass is 524 g/mol. The lowest BCUT2D eigenvalue weighted by atomic mass is 10.1. The van der Waals surface area contributed by atoms with Gasteiger partial charge in [0, 0.05) is 45.6 Å². The van der Waals surface area contributed by atoms with Gasteiger partial charge in [0.15, 0.2) is 5.96 Å². The van der Waals surface area contributed by atoms with Crippen molar-refractivity contribution in [1.29, 1.82) is 0 Å². The lowest BCUT2D eigenvalue weighted by molar-refractivity contribution is -0.127. The number of likely N-dealkylation sites (tertiary alicyclic amines) is 1. The maximum absolute atomic E-state index is 13.2. The minimum absolute atomic E-state index is 0. The maximum Gasteiger partial charge on any atom is 0.223 e. The second-order valence-corrected chi connectivity index (χ2v) is 7.41. The van der Waals surface area contributed by atoms with Gasteiger partial charge in [-0.1, -0.05) is 42.5 Å². The molecule has 0 radical (unpaired) electrons. The molecule has 0 bridgehead atoms. The van der Waals surface area contributed by atoms with Crippen molar-refractivity contribution in [3.63, 3.8) is 0 Å². The summed E-state index contributed by atoms with van der Waals surface area (Å²) < 4.78 is 13.2. The molecule has 2 aromatic rings. The number of rotatable bonds is 8. The molecule has 3 rings (SSSR count). The molecular weight excluding hydrogens is 494 g/mol. The second kappa shape index (κ2) is 12.5. The zero-order valence-electron chi connectivity index (χ0n) is 17.3. The van der Waals surface area contributed by atoms with Crippen LogP contribution in [-0.4, -0.2) is 50.0 Å². The number of carbonyl (C=O) groups is 1. The zero-order chi connectivity index (χ0) is 20.5. The molecule has 0 spiro atoms. The normalized spacial score (nSPS) is 16.3. The molecule has 5 nitrogen and oxygen atoms in total. The van der Waals surface area contributed by atoms with Crippen LogP contribution in [0, 0.1) is 11.7 Å². The van der Waals surface area contributed by atoms with Gasteiger partial charge in [-0.2, -0.15) is 0 Å². The van der Waals surface area contributed by atoms with E-state index in [1.165, 1.54) is 11.6 Å². The number of hydrogen-bond donors (Lipinski definition) is 2. The van der Waals surface area contributed by atoms with Crippen LogP contribution in [0.25, 0.3) is 0 Å². The van der Waals surface area contributed by atoms with E-state index in [4.69, 9.17) is 0 Å². The Bertz CT molecular complexity index is 831. The van der Waals surface area contributed by atoms with E-state index in [0.29, 0.717) is 31.9 Å². The average Bonchev–Trinajstić information content (AvgIpc) is 3.09. The van der Waals surface area contributed by atoms with Gasteiger partial charge < -0.3 is 15.5 Å². The molecule has 0 aromatic heterocycles. The molecule has 1 fully saturated rings. The highest BCUT2D eigenvalue weighted by Gasteiger charge is 2.29. The topological polar surface area (TPSA) is 56.7 Å². The fourth-order valence-electron chi connectivity index (χ4n) is 3.59. The van der Waals surface area contributed by atoms with Crippen LogP contribution in [0.15, 0.2) is 59.6 Å². The molecule has 1 atom stereocenters. The second-order valence-electron chi connectivity index (χ2n) is 7.41. The summed E-state index contributed by atoms with van der Waals surface area (Å²) in [5, 5.41) is 6.56. The van der Waals surface area contributed by atoms with Gasteiger partial charge in [-0.3, -0.25) is 9.79 Å². The number of nitrogens with zero attached hydrogens (tertiary/aromatic N) is 2. The molecule has 7 heteroatoms. The number of carbonyl (C=O) groups excluding carboxylic acids is 1. The third-order valence-electron chi connectivity index (χ3n) is 5.18. The Morgan fingerprint density at radius 3 is 2.60 bits per heavy atom. The summed E-state index contributed by atoms with van der Waals surface area (Å²) in [6.45, 7) is 2.90. The van der Waals surface area contributed by atoms with Crippen LogP contribution in [0.5, 0.6) is 0 Å². The number of aliphatic imine (C=N–C) groups is 1. The Morgan fingerprint density at radius 1 is 1.10 bits per heavy atom. The van der Waals surface area contributed by atoms with Crippen LogP contribution in [0.2, 0.25) is 0 Å². The van der Waals surface area contributed by atoms with Crippen molar-refractivity contribution in [3.8, 4) is 0 Å². The van der Waals surface area contributed by atoms with Crippen LogP contribution in [-0.2, 0) is 17.6 Å². The fourth-order valence-corrected chi connectivity index (χ4v) is 3.59. The van der Waals surface area contributed by atoms with Crippen molar-refractivity contribution in [1.82, 2.24) is 15.5 Å². The lowest BCUT2D eigenvalue weighted by Gasteiger charge is -2.18. The molecule has 1 aliphatic heterocycles. The highest BCUT2D eigenvalue weighted by molar-refractivity contribution is 14.0. The molecule has 0 saturated carbocycles. The molecule has 2 aromatic carbocycles. The van der Waals surface area contributed by atoms with Crippen molar-refractivity contribution >= 4 is 35.8 Å². The minimum atomic E-state index is -0.215. The highest BCUT2D eigenvalue weighted by atomic mass is 127. The number of guanidine groups is 1. The van der Waals surface area contributed by atoms with Gasteiger partial charge in [0.1, 0.15) is 5.82 Å².